The van der Waals surface area contributed by atoms with Gasteiger partial charge in [-0.05, 0) is 67.5 Å². The molecule has 1 aliphatic heterocycles. The lowest BCUT2D eigenvalue weighted by Gasteiger charge is -2.30. The molecule has 1 saturated heterocycles. The second-order valence-corrected chi connectivity index (χ2v) is 10.7. The number of hydrogen-bond donors (Lipinski definition) is 1. The molecule has 0 radical (unpaired) electrons. The number of methoxy groups -OCH3 is 4. The summed E-state index contributed by atoms with van der Waals surface area (Å²) in [7, 11) is 6.30. The highest BCUT2D eigenvalue weighted by Crippen LogP contribution is 2.48. The molecule has 2 fully saturated rings. The Balaban J connectivity index is 1.68. The Morgan fingerprint density at radius 2 is 1.45 bits per heavy atom. The molecule has 0 aromatic heterocycles. The predicted octanol–water partition coefficient (Wildman–Crippen LogP) is 6.58. The summed E-state index contributed by atoms with van der Waals surface area (Å²) >= 11 is 0. The third-order valence-corrected chi connectivity index (χ3v) is 8.10. The van der Waals surface area contributed by atoms with Crippen LogP contribution < -0.4 is 23.7 Å². The van der Waals surface area contributed by atoms with E-state index in [9.17, 15) is 10.0 Å². The summed E-state index contributed by atoms with van der Waals surface area (Å²) in [5.74, 6) is 4.55. The fraction of sp³-hybridized carbons (Fsp3) is 0.545. The number of benzene rings is 2. The molecule has 9 heteroatoms. The number of nitrogens with zero attached hydrogens (tertiary/aromatic N) is 1. The molecule has 1 N–H and O–H groups in total. The fourth-order valence-corrected chi connectivity index (χ4v) is 5.92. The van der Waals surface area contributed by atoms with Crippen molar-refractivity contribution < 1.29 is 38.4 Å². The van der Waals surface area contributed by atoms with Crippen LogP contribution in [0.3, 0.4) is 0 Å². The minimum Gasteiger partial charge on any atom is -0.493 e. The molecule has 4 rings (SSSR count). The number of carbonyl (C=O) groups is 1. The van der Waals surface area contributed by atoms with E-state index in [2.05, 4.69) is 5.92 Å². The zero-order valence-corrected chi connectivity index (χ0v) is 25.3. The largest absolute Gasteiger partial charge is 0.493 e. The Kier molecular flexibility index (Phi) is 10.8. The number of ether oxygens (including phenoxy) is 6. The van der Waals surface area contributed by atoms with Crippen LogP contribution >= 0.6 is 0 Å². The minimum atomic E-state index is -1.05. The number of carbonyl (C=O) groups excluding carboxylic acids is 1. The molecule has 3 unspecified atom stereocenters. The van der Waals surface area contributed by atoms with Crippen LogP contribution in [0.2, 0.25) is 0 Å². The molecule has 1 saturated carbocycles. The lowest BCUT2D eigenvalue weighted by molar-refractivity contribution is -0.177. The number of amides is 1. The standard InChI is InChI=1S/C33H43NO8/c1-7-16-41-31-24(25(8-2)34(36)33(35)21-12-10-9-11-13-21)17-22(18-28(31)37-3)26-14-15-27(42-26)23-19-29(38-4)32(40-6)30(20-23)39-5/h2,17-21,25-27,36H,7,9-16H2,1,3-6H3. The predicted molar refractivity (Wildman–Crippen MR) is 157 cm³/mol. The first-order chi connectivity index (χ1) is 20.4. The maximum Gasteiger partial charge on any atom is 0.250 e. The first kappa shape index (κ1) is 31.3. The average molecular weight is 582 g/mol. The van der Waals surface area contributed by atoms with Crippen LogP contribution in [0.1, 0.15) is 93.2 Å². The van der Waals surface area contributed by atoms with Gasteiger partial charge in [-0.15, -0.1) is 6.42 Å². The highest BCUT2D eigenvalue weighted by Gasteiger charge is 2.35. The lowest BCUT2D eigenvalue weighted by Crippen LogP contribution is -2.37. The first-order valence-corrected chi connectivity index (χ1v) is 14.7. The monoisotopic (exact) mass is 581 g/mol. The molecule has 2 aromatic rings. The number of hydrogen-bond acceptors (Lipinski definition) is 8. The van der Waals surface area contributed by atoms with Gasteiger partial charge in [0, 0.05) is 11.5 Å². The van der Waals surface area contributed by atoms with Gasteiger partial charge in [0.2, 0.25) is 5.75 Å². The van der Waals surface area contributed by atoms with Crippen molar-refractivity contribution in [1.82, 2.24) is 5.06 Å². The van der Waals surface area contributed by atoms with Crippen molar-refractivity contribution >= 4 is 5.91 Å². The summed E-state index contributed by atoms with van der Waals surface area (Å²) in [6.07, 6.45) is 12.2. The topological polar surface area (TPSA) is 95.9 Å². The fourth-order valence-electron chi connectivity index (χ4n) is 5.92. The van der Waals surface area contributed by atoms with E-state index in [1.54, 1.807) is 28.4 Å². The molecule has 0 bridgehead atoms. The van der Waals surface area contributed by atoms with Gasteiger partial charge < -0.3 is 28.4 Å². The third kappa shape index (κ3) is 6.55. The Labute approximate surface area is 248 Å². The van der Waals surface area contributed by atoms with Crippen molar-refractivity contribution in [3.05, 3.63) is 41.0 Å². The summed E-state index contributed by atoms with van der Waals surface area (Å²) in [5, 5.41) is 11.9. The van der Waals surface area contributed by atoms with Gasteiger partial charge >= 0.3 is 0 Å². The molecular weight excluding hydrogens is 538 g/mol. The van der Waals surface area contributed by atoms with Crippen LogP contribution in [0.4, 0.5) is 0 Å². The van der Waals surface area contributed by atoms with E-state index in [-0.39, 0.29) is 24.0 Å². The molecule has 3 atom stereocenters. The van der Waals surface area contributed by atoms with E-state index in [0.717, 1.165) is 62.5 Å². The van der Waals surface area contributed by atoms with Crippen LogP contribution in [0, 0.1) is 18.3 Å². The van der Waals surface area contributed by atoms with Crippen molar-refractivity contribution in [2.75, 3.05) is 35.0 Å². The highest BCUT2D eigenvalue weighted by molar-refractivity contribution is 5.79. The molecule has 2 aromatic carbocycles. The zero-order valence-electron chi connectivity index (χ0n) is 25.3. The van der Waals surface area contributed by atoms with Gasteiger partial charge in [0.15, 0.2) is 23.0 Å². The van der Waals surface area contributed by atoms with Crippen LogP contribution in [0.25, 0.3) is 0 Å². The molecule has 42 heavy (non-hydrogen) atoms. The van der Waals surface area contributed by atoms with E-state index in [1.165, 1.54) is 0 Å². The second-order valence-electron chi connectivity index (χ2n) is 10.7. The number of hydroxylamine groups is 2. The quantitative estimate of drug-likeness (QED) is 0.171. The van der Waals surface area contributed by atoms with E-state index < -0.39 is 6.04 Å². The van der Waals surface area contributed by atoms with Gasteiger partial charge in [0.25, 0.3) is 5.91 Å². The van der Waals surface area contributed by atoms with Crippen molar-refractivity contribution in [1.29, 1.82) is 0 Å². The smallest absolute Gasteiger partial charge is 0.250 e. The van der Waals surface area contributed by atoms with Gasteiger partial charge in [0.1, 0.15) is 6.04 Å². The molecule has 0 spiro atoms. The van der Waals surface area contributed by atoms with E-state index in [1.807, 2.05) is 31.2 Å². The Morgan fingerprint density at radius 3 is 1.95 bits per heavy atom. The molecule has 228 valence electrons. The number of rotatable bonds is 12. The van der Waals surface area contributed by atoms with Gasteiger partial charge in [-0.2, -0.15) is 0 Å². The summed E-state index contributed by atoms with van der Waals surface area (Å²) in [6, 6.07) is 6.51. The summed E-state index contributed by atoms with van der Waals surface area (Å²) in [5.41, 5.74) is 2.22. The van der Waals surface area contributed by atoms with Crippen molar-refractivity contribution in [2.24, 2.45) is 5.92 Å². The van der Waals surface area contributed by atoms with E-state index in [4.69, 9.17) is 34.8 Å². The van der Waals surface area contributed by atoms with Crippen LogP contribution in [0.15, 0.2) is 24.3 Å². The Morgan fingerprint density at radius 1 is 0.905 bits per heavy atom. The van der Waals surface area contributed by atoms with Gasteiger partial charge in [-0.25, -0.2) is 5.06 Å². The van der Waals surface area contributed by atoms with Gasteiger partial charge in [0.05, 0.1) is 47.3 Å². The van der Waals surface area contributed by atoms with Crippen molar-refractivity contribution in [3.8, 4) is 41.1 Å². The lowest BCUT2D eigenvalue weighted by atomic mass is 9.88. The maximum atomic E-state index is 13.3. The molecule has 9 nitrogen and oxygen atoms in total. The average Bonchev–Trinajstić information content (AvgIpc) is 3.53. The van der Waals surface area contributed by atoms with Crippen LogP contribution in [-0.4, -0.2) is 51.2 Å². The highest BCUT2D eigenvalue weighted by atomic mass is 16.5. The molecular formula is C33H43NO8. The molecule has 1 heterocycles. The van der Waals surface area contributed by atoms with Crippen LogP contribution in [-0.2, 0) is 9.53 Å². The molecule has 1 amide bonds. The SMILES string of the molecule is C#CC(c1cc(C2CCC(c3cc(OC)c(OC)c(OC)c3)O2)cc(OC)c1OCCC)N(O)C(=O)C1CCCCC1. The minimum absolute atomic E-state index is 0.222. The Hall–Kier alpha value is -3.61. The zero-order chi connectivity index (χ0) is 30.2. The third-order valence-electron chi connectivity index (χ3n) is 8.10. The van der Waals surface area contributed by atoms with E-state index in [0.29, 0.717) is 46.0 Å². The maximum absolute atomic E-state index is 13.3. The molecule has 2 aliphatic rings. The summed E-state index contributed by atoms with van der Waals surface area (Å²) in [4.78, 5) is 13.3. The van der Waals surface area contributed by atoms with Gasteiger partial charge in [-0.1, -0.05) is 32.1 Å². The normalized spacial score (nSPS) is 19.5. The van der Waals surface area contributed by atoms with Crippen LogP contribution in [0.5, 0.6) is 28.7 Å². The molecule has 1 aliphatic carbocycles. The second kappa shape index (κ2) is 14.5. The van der Waals surface area contributed by atoms with Gasteiger partial charge in [-0.3, -0.25) is 10.0 Å². The van der Waals surface area contributed by atoms with Crippen molar-refractivity contribution in [3.63, 3.8) is 0 Å². The van der Waals surface area contributed by atoms with E-state index >= 15 is 0 Å². The Bertz CT molecular complexity index is 1240. The first-order valence-electron chi connectivity index (χ1n) is 14.7. The number of terminal acetylenes is 1. The van der Waals surface area contributed by atoms with Crippen molar-refractivity contribution in [2.45, 2.75) is 76.5 Å². The summed E-state index contributed by atoms with van der Waals surface area (Å²) in [6.45, 7) is 2.42. The summed E-state index contributed by atoms with van der Waals surface area (Å²) < 4.78 is 35.0.